The van der Waals surface area contributed by atoms with E-state index in [0.717, 1.165) is 5.56 Å². The van der Waals surface area contributed by atoms with E-state index in [9.17, 15) is 4.21 Å². The van der Waals surface area contributed by atoms with Crippen LogP contribution in [0.15, 0.2) is 24.3 Å². The Kier molecular flexibility index (Phi) is 3.88. The number of nitrogens with two attached hydrogens (primary N) is 1. The Hall–Kier alpha value is -0.910. The minimum absolute atomic E-state index is 0.229. The highest BCUT2D eigenvalue weighted by Crippen LogP contribution is 2.06. The van der Waals surface area contributed by atoms with E-state index >= 15 is 0 Å². The van der Waals surface area contributed by atoms with Crippen LogP contribution in [0.1, 0.15) is 5.56 Å². The van der Waals surface area contributed by atoms with Gasteiger partial charge >= 0.3 is 11.4 Å². The van der Waals surface area contributed by atoms with E-state index in [-0.39, 0.29) is 6.61 Å². The average molecular weight is 201 g/mol. The van der Waals surface area contributed by atoms with E-state index in [2.05, 4.69) is 4.18 Å². The summed E-state index contributed by atoms with van der Waals surface area (Å²) in [6, 6.07) is 7.29. The van der Waals surface area contributed by atoms with Crippen LogP contribution in [0, 0.1) is 0 Å². The van der Waals surface area contributed by atoms with Crippen LogP contribution in [0.25, 0.3) is 0 Å². The van der Waals surface area contributed by atoms with Gasteiger partial charge in [0.15, 0.2) is 0 Å². The third kappa shape index (κ3) is 4.02. The summed E-state index contributed by atoms with van der Waals surface area (Å²) in [6.07, 6.45) is 0.604. The van der Waals surface area contributed by atoms with Crippen LogP contribution in [0.3, 0.4) is 0 Å². The van der Waals surface area contributed by atoms with Crippen molar-refractivity contribution in [2.24, 2.45) is 0 Å². The molecule has 5 heteroatoms. The second-order valence-electron chi connectivity index (χ2n) is 2.53. The van der Waals surface area contributed by atoms with Gasteiger partial charge in [0.1, 0.15) is 0 Å². The molecule has 0 aliphatic carbocycles. The van der Waals surface area contributed by atoms with E-state index in [0.29, 0.717) is 12.1 Å². The molecule has 1 atom stereocenters. The van der Waals surface area contributed by atoms with Gasteiger partial charge in [0, 0.05) is 5.69 Å². The summed E-state index contributed by atoms with van der Waals surface area (Å²) < 4.78 is 22.9. The standard InChI is InChI=1S/C8H11NO3S/c9-8-3-1-7(2-4-8)5-6-12-13(10)11/h1-4H,5-6,9H2,(H,10,11). The fourth-order valence-electron chi connectivity index (χ4n) is 0.915. The molecule has 0 aliphatic heterocycles. The maximum absolute atomic E-state index is 10.1. The van der Waals surface area contributed by atoms with Crippen LogP contribution in [0.2, 0.25) is 0 Å². The molecule has 3 N–H and O–H groups in total. The molecule has 1 unspecified atom stereocenters. The van der Waals surface area contributed by atoms with Crippen molar-refractivity contribution in [3.63, 3.8) is 0 Å². The number of nitrogen functional groups attached to an aromatic ring is 1. The van der Waals surface area contributed by atoms with Crippen molar-refractivity contribution >= 4 is 17.0 Å². The molecule has 1 rings (SSSR count). The lowest BCUT2D eigenvalue weighted by Crippen LogP contribution is -2.00. The summed E-state index contributed by atoms with van der Waals surface area (Å²) in [5, 5.41) is 0. The number of anilines is 1. The van der Waals surface area contributed by atoms with Gasteiger partial charge < -0.3 is 5.73 Å². The van der Waals surface area contributed by atoms with Gasteiger partial charge in [0.05, 0.1) is 6.61 Å². The monoisotopic (exact) mass is 201 g/mol. The Labute approximate surface area is 79.2 Å². The molecule has 0 amide bonds. The largest absolute Gasteiger partial charge is 0.399 e. The van der Waals surface area contributed by atoms with E-state index in [1.807, 2.05) is 12.1 Å². The Morgan fingerprint density at radius 2 is 2.00 bits per heavy atom. The van der Waals surface area contributed by atoms with Crippen LogP contribution in [-0.4, -0.2) is 15.4 Å². The number of benzene rings is 1. The summed E-state index contributed by atoms with van der Waals surface area (Å²) in [5.41, 5.74) is 7.22. The Bertz CT molecular complexity index is 286. The molecule has 0 radical (unpaired) electrons. The molecular weight excluding hydrogens is 190 g/mol. The van der Waals surface area contributed by atoms with E-state index < -0.39 is 11.4 Å². The average Bonchev–Trinajstić information content (AvgIpc) is 2.08. The molecular formula is C8H11NO3S. The summed E-state index contributed by atoms with van der Waals surface area (Å²) in [6.45, 7) is 0.229. The van der Waals surface area contributed by atoms with Gasteiger partial charge in [0.2, 0.25) is 0 Å². The van der Waals surface area contributed by atoms with Crippen LogP contribution >= 0.6 is 0 Å². The molecule has 13 heavy (non-hydrogen) atoms. The van der Waals surface area contributed by atoms with Gasteiger partial charge in [-0.2, -0.15) is 4.21 Å². The SMILES string of the molecule is Nc1ccc(CCOS(=O)O)cc1. The second kappa shape index (κ2) is 4.96. The van der Waals surface area contributed by atoms with Crippen molar-refractivity contribution < 1.29 is 12.9 Å². The van der Waals surface area contributed by atoms with E-state index in [1.54, 1.807) is 12.1 Å². The minimum atomic E-state index is -2.17. The molecule has 0 aromatic heterocycles. The lowest BCUT2D eigenvalue weighted by molar-refractivity contribution is 0.310. The maximum Gasteiger partial charge on any atom is 0.301 e. The van der Waals surface area contributed by atoms with Crippen LogP contribution in [0.4, 0.5) is 5.69 Å². The molecule has 1 aromatic rings. The first-order valence-electron chi connectivity index (χ1n) is 3.77. The summed E-state index contributed by atoms with van der Waals surface area (Å²) in [7, 11) is 0. The van der Waals surface area contributed by atoms with Crippen molar-refractivity contribution in [1.82, 2.24) is 0 Å². The maximum atomic E-state index is 10.1. The fraction of sp³-hybridized carbons (Fsp3) is 0.250. The molecule has 1 aromatic carbocycles. The van der Waals surface area contributed by atoms with Gasteiger partial charge in [0.25, 0.3) is 0 Å². The van der Waals surface area contributed by atoms with Crippen molar-refractivity contribution in [1.29, 1.82) is 0 Å². The molecule has 0 saturated heterocycles. The zero-order valence-electron chi connectivity index (χ0n) is 6.97. The van der Waals surface area contributed by atoms with Gasteiger partial charge in [-0.3, -0.25) is 8.74 Å². The first-order chi connectivity index (χ1) is 6.18. The Balaban J connectivity index is 2.37. The van der Waals surface area contributed by atoms with Crippen molar-refractivity contribution in [2.45, 2.75) is 6.42 Å². The quantitative estimate of drug-likeness (QED) is 0.562. The van der Waals surface area contributed by atoms with Gasteiger partial charge in [-0.05, 0) is 24.1 Å². The Morgan fingerprint density at radius 1 is 1.38 bits per heavy atom. The third-order valence-corrected chi connectivity index (χ3v) is 1.92. The first kappa shape index (κ1) is 10.2. The van der Waals surface area contributed by atoms with Crippen LogP contribution in [-0.2, 0) is 22.0 Å². The van der Waals surface area contributed by atoms with E-state index in [4.69, 9.17) is 10.3 Å². The molecule has 4 nitrogen and oxygen atoms in total. The highest BCUT2D eigenvalue weighted by atomic mass is 32.2. The fourth-order valence-corrected chi connectivity index (χ4v) is 1.14. The van der Waals surface area contributed by atoms with Crippen LogP contribution < -0.4 is 5.73 Å². The van der Waals surface area contributed by atoms with Crippen LogP contribution in [0.5, 0.6) is 0 Å². The first-order valence-corrected chi connectivity index (χ1v) is 4.80. The zero-order valence-corrected chi connectivity index (χ0v) is 7.79. The summed E-state index contributed by atoms with van der Waals surface area (Å²) >= 11 is -2.17. The molecule has 0 spiro atoms. The predicted molar refractivity (Wildman–Crippen MR) is 51.3 cm³/mol. The molecule has 0 bridgehead atoms. The van der Waals surface area contributed by atoms with Crippen molar-refractivity contribution in [2.75, 3.05) is 12.3 Å². The lowest BCUT2D eigenvalue weighted by Gasteiger charge is -2.00. The van der Waals surface area contributed by atoms with Gasteiger partial charge in [-0.25, -0.2) is 0 Å². The molecule has 72 valence electrons. The van der Waals surface area contributed by atoms with E-state index in [1.165, 1.54) is 0 Å². The molecule has 0 aliphatic rings. The Morgan fingerprint density at radius 3 is 2.54 bits per heavy atom. The highest BCUT2D eigenvalue weighted by Gasteiger charge is 1.95. The number of rotatable bonds is 4. The van der Waals surface area contributed by atoms with Gasteiger partial charge in [-0.15, -0.1) is 0 Å². The molecule has 0 fully saturated rings. The topological polar surface area (TPSA) is 72.5 Å². The minimum Gasteiger partial charge on any atom is -0.399 e. The summed E-state index contributed by atoms with van der Waals surface area (Å²) in [5.74, 6) is 0. The second-order valence-corrected chi connectivity index (χ2v) is 3.20. The normalized spacial score (nSPS) is 12.7. The zero-order chi connectivity index (χ0) is 9.68. The molecule has 0 heterocycles. The lowest BCUT2D eigenvalue weighted by atomic mass is 10.1. The smallest absolute Gasteiger partial charge is 0.301 e. The highest BCUT2D eigenvalue weighted by molar-refractivity contribution is 7.74. The number of hydrogen-bond acceptors (Lipinski definition) is 3. The van der Waals surface area contributed by atoms with Gasteiger partial charge in [-0.1, -0.05) is 12.1 Å². The number of hydrogen-bond donors (Lipinski definition) is 2. The molecule has 0 saturated carbocycles. The van der Waals surface area contributed by atoms with Crippen molar-refractivity contribution in [3.8, 4) is 0 Å². The van der Waals surface area contributed by atoms with Crippen molar-refractivity contribution in [3.05, 3.63) is 29.8 Å². The third-order valence-electron chi connectivity index (χ3n) is 1.55. The predicted octanol–water partition coefficient (Wildman–Crippen LogP) is 0.965. The summed E-state index contributed by atoms with van der Waals surface area (Å²) in [4.78, 5) is 0.